The molecule has 39 heavy (non-hydrogen) atoms. The maximum atomic E-state index is 14.1. The van der Waals surface area contributed by atoms with E-state index in [0.717, 1.165) is 76.2 Å². The molecule has 0 fully saturated rings. The zero-order valence-electron chi connectivity index (χ0n) is 23.8. The summed E-state index contributed by atoms with van der Waals surface area (Å²) in [5.41, 5.74) is 4.08. The average Bonchev–Trinajstić information content (AvgIpc) is 3.48. The smallest absolute Gasteiger partial charge is 0.194 e. The van der Waals surface area contributed by atoms with Gasteiger partial charge in [-0.15, -0.1) is 0 Å². The Hall–Kier alpha value is -3.55. The third-order valence-corrected chi connectivity index (χ3v) is 12.9. The van der Waals surface area contributed by atoms with E-state index in [0.29, 0.717) is 0 Å². The van der Waals surface area contributed by atoms with Crippen LogP contribution in [0.1, 0.15) is 11.1 Å². The van der Waals surface area contributed by atoms with Crippen LogP contribution in [-0.2, 0) is 0 Å². The number of rotatable bonds is 2. The van der Waals surface area contributed by atoms with Crippen molar-refractivity contribution in [3.05, 3.63) is 80.1 Å². The molecular weight excluding hydrogens is 513 g/mol. The highest BCUT2D eigenvalue weighted by Gasteiger charge is 2.34. The zero-order valence-corrected chi connectivity index (χ0v) is 25.8. The molecule has 5 heteroatoms. The summed E-state index contributed by atoms with van der Waals surface area (Å²) in [5, 5.41) is 11.6. The molecule has 1 aromatic heterocycles. The highest BCUT2D eigenvalue weighted by atomic mass is 28.3. The minimum atomic E-state index is -1.98. The highest BCUT2D eigenvalue weighted by Crippen LogP contribution is 2.44. The summed E-state index contributed by atoms with van der Waals surface area (Å²) in [7, 11) is -3.94. The van der Waals surface area contributed by atoms with Crippen molar-refractivity contribution in [3.8, 4) is 0 Å². The minimum absolute atomic E-state index is 0.105. The first-order valence-corrected chi connectivity index (χ1v) is 20.7. The number of hydrogen-bond acceptors (Lipinski definition) is 3. The van der Waals surface area contributed by atoms with Gasteiger partial charge >= 0.3 is 0 Å². The van der Waals surface area contributed by atoms with Crippen molar-refractivity contribution >= 4 is 91.5 Å². The summed E-state index contributed by atoms with van der Waals surface area (Å²) >= 11 is 0. The molecule has 194 valence electrons. The Bertz CT molecular complexity index is 2300. The summed E-state index contributed by atoms with van der Waals surface area (Å²) in [6.07, 6.45) is 0. The summed E-state index contributed by atoms with van der Waals surface area (Å²) in [5.74, 6) is 0. The molecular formula is C34H32O3Si2. The van der Waals surface area contributed by atoms with Gasteiger partial charge in [0, 0.05) is 43.1 Å². The number of aryl methyl sites for hydroxylation is 2. The number of hydrogen-bond donors (Lipinski definition) is 0. The second kappa shape index (κ2) is 7.55. The van der Waals surface area contributed by atoms with Gasteiger partial charge in [0.1, 0.15) is 11.2 Å². The van der Waals surface area contributed by atoms with Gasteiger partial charge in [0.05, 0.1) is 16.1 Å². The Labute approximate surface area is 228 Å². The van der Waals surface area contributed by atoms with Crippen molar-refractivity contribution in [1.29, 1.82) is 0 Å². The molecule has 0 amide bonds. The SMILES string of the molecule is Cc1c([Si](C)(C)C)c2c(=O)c3ccccc3c2c2c1oc1c2c(C)c([Si](C)(C)C)c2c(=O)c3ccccc3c21. The van der Waals surface area contributed by atoms with Crippen LogP contribution in [0.5, 0.6) is 0 Å². The monoisotopic (exact) mass is 544 g/mol. The van der Waals surface area contributed by atoms with E-state index in [1.807, 2.05) is 36.4 Å². The van der Waals surface area contributed by atoms with Crippen LogP contribution >= 0.6 is 0 Å². The maximum Gasteiger partial charge on any atom is 0.194 e. The third kappa shape index (κ3) is 2.97. The predicted octanol–water partition coefficient (Wildman–Crippen LogP) is 7.50. The summed E-state index contributed by atoms with van der Waals surface area (Å²) in [4.78, 5) is 28.0. The summed E-state index contributed by atoms with van der Waals surface area (Å²) < 4.78 is 6.97. The van der Waals surface area contributed by atoms with Crippen LogP contribution in [0.4, 0.5) is 0 Å². The molecule has 0 aliphatic rings. The maximum absolute atomic E-state index is 14.1. The van der Waals surface area contributed by atoms with Gasteiger partial charge in [-0.3, -0.25) is 9.59 Å². The van der Waals surface area contributed by atoms with Crippen LogP contribution in [0.2, 0.25) is 39.3 Å². The molecule has 3 nitrogen and oxygen atoms in total. The topological polar surface area (TPSA) is 47.3 Å². The number of fused-ring (bicyclic) bond motifs is 11. The van der Waals surface area contributed by atoms with E-state index in [9.17, 15) is 9.59 Å². The molecule has 0 N–H and O–H groups in total. The van der Waals surface area contributed by atoms with Gasteiger partial charge in [0.2, 0.25) is 0 Å². The van der Waals surface area contributed by atoms with Crippen molar-refractivity contribution in [2.75, 3.05) is 0 Å². The molecule has 0 bridgehead atoms. The average molecular weight is 545 g/mol. The predicted molar refractivity (Wildman–Crippen MR) is 174 cm³/mol. The second-order valence-corrected chi connectivity index (χ2v) is 23.3. The normalized spacial score (nSPS) is 13.3. The first-order valence-electron chi connectivity index (χ1n) is 13.7. The van der Waals surface area contributed by atoms with Crippen molar-refractivity contribution in [2.45, 2.75) is 53.1 Å². The van der Waals surface area contributed by atoms with E-state index < -0.39 is 16.1 Å². The molecule has 0 aliphatic heterocycles. The molecule has 0 aliphatic carbocycles. The van der Waals surface area contributed by atoms with Gasteiger partial charge in [0.15, 0.2) is 10.9 Å². The Morgan fingerprint density at radius 2 is 0.923 bits per heavy atom. The van der Waals surface area contributed by atoms with Crippen LogP contribution in [0, 0.1) is 13.8 Å². The standard InChI is InChI=1S/C34H32O3Si2/c1-17-23-26-24-19-13-9-11-15-21(19)29(35)27(24)34(39(6,7)8)18(2)31(26)37-32(23)25-20-14-10-12-16-22(20)30(36)28(25)33(17)38(3,4)5/h9-16H,1-8H3. The second-order valence-electron chi connectivity index (χ2n) is 13.3. The fourth-order valence-corrected chi connectivity index (χ4v) is 12.0. The number of benzene rings is 4. The van der Waals surface area contributed by atoms with Crippen LogP contribution in [0.3, 0.4) is 0 Å². The van der Waals surface area contributed by atoms with Gasteiger partial charge in [-0.05, 0) is 46.1 Å². The quantitative estimate of drug-likeness (QED) is 0.212. The van der Waals surface area contributed by atoms with Gasteiger partial charge in [-0.2, -0.15) is 0 Å². The van der Waals surface area contributed by atoms with E-state index in [-0.39, 0.29) is 10.9 Å². The van der Waals surface area contributed by atoms with Gasteiger partial charge in [0.25, 0.3) is 0 Å². The van der Waals surface area contributed by atoms with Gasteiger partial charge < -0.3 is 4.42 Å². The van der Waals surface area contributed by atoms with E-state index in [2.05, 4.69) is 65.3 Å². The van der Waals surface area contributed by atoms with Crippen molar-refractivity contribution in [3.63, 3.8) is 0 Å². The van der Waals surface area contributed by atoms with E-state index in [1.54, 1.807) is 0 Å². The fourth-order valence-electron chi connectivity index (χ4n) is 7.49. The molecule has 7 aromatic rings. The van der Waals surface area contributed by atoms with E-state index >= 15 is 0 Å². The lowest BCUT2D eigenvalue weighted by Gasteiger charge is -2.22. The highest BCUT2D eigenvalue weighted by molar-refractivity contribution is 6.92. The molecule has 6 aromatic carbocycles. The fraction of sp³-hybridized carbons (Fsp3) is 0.235. The first-order chi connectivity index (χ1) is 18.3. The molecule has 1 heterocycles. The minimum Gasteiger partial charge on any atom is -0.455 e. The largest absolute Gasteiger partial charge is 0.455 e. The third-order valence-electron chi connectivity index (χ3n) is 8.69. The Morgan fingerprint density at radius 1 is 0.487 bits per heavy atom. The van der Waals surface area contributed by atoms with Gasteiger partial charge in [-0.1, -0.05) is 87.8 Å². The Kier molecular flexibility index (Phi) is 4.74. The van der Waals surface area contributed by atoms with E-state index in [4.69, 9.17) is 4.42 Å². The van der Waals surface area contributed by atoms with E-state index in [1.165, 1.54) is 10.4 Å². The molecule has 0 radical (unpaired) electrons. The lowest BCUT2D eigenvalue weighted by atomic mass is 9.97. The lowest BCUT2D eigenvalue weighted by Crippen LogP contribution is -2.41. The van der Waals surface area contributed by atoms with Crippen LogP contribution in [0.25, 0.3) is 65.0 Å². The zero-order chi connectivity index (χ0) is 27.8. The summed E-state index contributed by atoms with van der Waals surface area (Å²) in [6, 6.07) is 16.0. The Balaban J connectivity index is 1.93. The van der Waals surface area contributed by atoms with Crippen molar-refractivity contribution in [2.24, 2.45) is 0 Å². The number of furan rings is 1. The first kappa shape index (κ1) is 24.5. The lowest BCUT2D eigenvalue weighted by molar-refractivity contribution is 0.670. The van der Waals surface area contributed by atoms with Crippen molar-refractivity contribution < 1.29 is 4.42 Å². The molecule has 0 saturated heterocycles. The van der Waals surface area contributed by atoms with Crippen LogP contribution < -0.4 is 21.2 Å². The molecule has 7 rings (SSSR count). The van der Waals surface area contributed by atoms with Crippen molar-refractivity contribution in [1.82, 2.24) is 0 Å². The van der Waals surface area contributed by atoms with Crippen LogP contribution in [0.15, 0.2) is 62.5 Å². The van der Waals surface area contributed by atoms with Gasteiger partial charge in [-0.25, -0.2) is 0 Å². The molecule has 0 spiro atoms. The molecule has 0 atom stereocenters. The summed E-state index contributed by atoms with van der Waals surface area (Å²) in [6.45, 7) is 18.2. The molecule has 0 unspecified atom stereocenters. The van der Waals surface area contributed by atoms with Crippen LogP contribution in [-0.4, -0.2) is 16.1 Å². The Morgan fingerprint density at radius 3 is 1.44 bits per heavy atom. The molecule has 0 saturated carbocycles.